The molecule has 1 heterocycles. The van der Waals surface area contributed by atoms with E-state index in [9.17, 15) is 13.2 Å². The number of anilines is 1. The fourth-order valence-electron chi connectivity index (χ4n) is 2.38. The predicted octanol–water partition coefficient (Wildman–Crippen LogP) is 1.60. The van der Waals surface area contributed by atoms with Crippen LogP contribution in [0.5, 0.6) is 0 Å². The van der Waals surface area contributed by atoms with Crippen molar-refractivity contribution in [1.82, 2.24) is 0 Å². The van der Waals surface area contributed by atoms with Gasteiger partial charge in [-0.15, -0.1) is 0 Å². The van der Waals surface area contributed by atoms with Crippen LogP contribution in [0.25, 0.3) is 0 Å². The van der Waals surface area contributed by atoms with E-state index in [1.54, 1.807) is 18.2 Å². The van der Waals surface area contributed by atoms with E-state index in [0.29, 0.717) is 18.2 Å². The van der Waals surface area contributed by atoms with Gasteiger partial charge in [0.15, 0.2) is 0 Å². The summed E-state index contributed by atoms with van der Waals surface area (Å²) in [6.07, 6.45) is 0.936. The van der Waals surface area contributed by atoms with Gasteiger partial charge >= 0.3 is 0 Å². The van der Waals surface area contributed by atoms with Crippen molar-refractivity contribution >= 4 is 31.3 Å². The number of fused-ring (bicyclic) bond motifs is 1. The third kappa shape index (κ3) is 1.73. The highest BCUT2D eigenvalue weighted by atomic mass is 35.7. The second-order valence-corrected chi connectivity index (χ2v) is 6.99. The van der Waals surface area contributed by atoms with Crippen molar-refractivity contribution in [2.75, 3.05) is 11.4 Å². The molecular formula is C11H10ClNO3S. The molecule has 0 bridgehead atoms. The molecule has 17 heavy (non-hydrogen) atoms. The summed E-state index contributed by atoms with van der Waals surface area (Å²) in [5.74, 6) is 0.512. The molecule has 0 aromatic heterocycles. The Balaban J connectivity index is 2.07. The Morgan fingerprint density at radius 2 is 2.00 bits per heavy atom. The molecule has 1 aliphatic heterocycles. The molecule has 2 aliphatic rings. The molecule has 2 fully saturated rings. The number of piperidine rings is 1. The second kappa shape index (κ2) is 3.46. The number of benzene rings is 1. The van der Waals surface area contributed by atoms with Crippen molar-refractivity contribution in [3.63, 3.8) is 0 Å². The summed E-state index contributed by atoms with van der Waals surface area (Å²) in [7, 11) is 1.55. The largest absolute Gasteiger partial charge is 0.311 e. The molecular weight excluding hydrogens is 262 g/mol. The summed E-state index contributed by atoms with van der Waals surface area (Å²) in [5, 5.41) is 0. The van der Waals surface area contributed by atoms with Gasteiger partial charge in [-0.25, -0.2) is 8.42 Å². The molecule has 2 atom stereocenters. The molecule has 2 unspecified atom stereocenters. The van der Waals surface area contributed by atoms with Crippen LogP contribution in [0.15, 0.2) is 29.2 Å². The Bertz CT molecular complexity index is 598. The third-order valence-corrected chi connectivity index (χ3v) is 4.71. The predicted molar refractivity (Wildman–Crippen MR) is 63.4 cm³/mol. The Labute approximate surface area is 104 Å². The van der Waals surface area contributed by atoms with Crippen LogP contribution in [0.3, 0.4) is 0 Å². The zero-order valence-corrected chi connectivity index (χ0v) is 10.4. The van der Waals surface area contributed by atoms with Gasteiger partial charge in [0.25, 0.3) is 9.05 Å². The summed E-state index contributed by atoms with van der Waals surface area (Å²) in [4.78, 5) is 13.5. The lowest BCUT2D eigenvalue weighted by atomic mass is 10.3. The highest BCUT2D eigenvalue weighted by Crippen LogP contribution is 2.48. The fourth-order valence-corrected chi connectivity index (χ4v) is 3.44. The molecule has 1 saturated heterocycles. The molecule has 1 aromatic carbocycles. The van der Waals surface area contributed by atoms with Gasteiger partial charge < -0.3 is 4.90 Å². The SMILES string of the molecule is O=C1C2CC2CN1c1ccccc1S(=O)(=O)Cl. The number of carbonyl (C=O) groups excluding carboxylic acids is 1. The van der Waals surface area contributed by atoms with Gasteiger partial charge in [0.05, 0.1) is 5.69 Å². The Hall–Kier alpha value is -1.07. The van der Waals surface area contributed by atoms with E-state index >= 15 is 0 Å². The second-order valence-electron chi connectivity index (χ2n) is 4.46. The molecule has 0 N–H and O–H groups in total. The smallest absolute Gasteiger partial charge is 0.263 e. The van der Waals surface area contributed by atoms with Crippen LogP contribution in [-0.2, 0) is 13.8 Å². The lowest BCUT2D eigenvalue weighted by Gasteiger charge is -2.20. The highest BCUT2D eigenvalue weighted by molar-refractivity contribution is 8.13. The van der Waals surface area contributed by atoms with Crippen LogP contribution in [0.1, 0.15) is 6.42 Å². The van der Waals surface area contributed by atoms with E-state index < -0.39 is 9.05 Å². The number of amides is 1. The fraction of sp³-hybridized carbons (Fsp3) is 0.364. The van der Waals surface area contributed by atoms with Crippen molar-refractivity contribution in [3.8, 4) is 0 Å². The first kappa shape index (κ1) is 11.0. The minimum atomic E-state index is -3.82. The lowest BCUT2D eigenvalue weighted by molar-refractivity contribution is -0.118. The van der Waals surface area contributed by atoms with Crippen molar-refractivity contribution in [3.05, 3.63) is 24.3 Å². The first-order valence-corrected chi connectivity index (χ1v) is 7.64. The normalized spacial score (nSPS) is 27.1. The monoisotopic (exact) mass is 271 g/mol. The van der Waals surface area contributed by atoms with Gasteiger partial charge in [-0.3, -0.25) is 4.79 Å². The minimum absolute atomic E-state index is 0.0105. The van der Waals surface area contributed by atoms with Crippen LogP contribution in [0, 0.1) is 11.8 Å². The van der Waals surface area contributed by atoms with Crippen LogP contribution in [-0.4, -0.2) is 20.9 Å². The average molecular weight is 272 g/mol. The van der Waals surface area contributed by atoms with Gasteiger partial charge in [0.1, 0.15) is 4.90 Å². The molecule has 4 nitrogen and oxygen atoms in total. The van der Waals surface area contributed by atoms with Gasteiger partial charge in [0, 0.05) is 23.1 Å². The Kier molecular flexibility index (Phi) is 2.25. The standard InChI is InChI=1S/C11H10ClNO3S/c12-17(15,16)10-4-2-1-3-9(10)13-6-7-5-8(7)11(13)14/h1-4,7-8H,5-6H2. The maximum Gasteiger partial charge on any atom is 0.263 e. The van der Waals surface area contributed by atoms with Crippen LogP contribution in [0.4, 0.5) is 5.69 Å². The highest BCUT2D eigenvalue weighted by Gasteiger charge is 2.53. The topological polar surface area (TPSA) is 54.5 Å². The van der Waals surface area contributed by atoms with E-state index in [1.807, 2.05) is 0 Å². The number of carbonyl (C=O) groups is 1. The van der Waals surface area contributed by atoms with E-state index in [4.69, 9.17) is 10.7 Å². The first-order chi connectivity index (χ1) is 7.98. The molecule has 90 valence electrons. The van der Waals surface area contributed by atoms with E-state index in [0.717, 1.165) is 6.42 Å². The zero-order valence-electron chi connectivity index (χ0n) is 8.84. The minimum Gasteiger partial charge on any atom is -0.311 e. The van der Waals surface area contributed by atoms with Gasteiger partial charge in [-0.05, 0) is 24.5 Å². The van der Waals surface area contributed by atoms with Crippen LogP contribution < -0.4 is 4.90 Å². The third-order valence-electron chi connectivity index (χ3n) is 3.34. The maximum atomic E-state index is 11.9. The number of hydrogen-bond acceptors (Lipinski definition) is 3. The van der Waals surface area contributed by atoms with Gasteiger partial charge in [-0.1, -0.05) is 12.1 Å². The summed E-state index contributed by atoms with van der Waals surface area (Å²) >= 11 is 0. The number of nitrogens with zero attached hydrogens (tertiary/aromatic N) is 1. The van der Waals surface area contributed by atoms with Crippen molar-refractivity contribution in [2.45, 2.75) is 11.3 Å². The van der Waals surface area contributed by atoms with E-state index in [2.05, 4.69) is 0 Å². The number of para-hydroxylation sites is 1. The quantitative estimate of drug-likeness (QED) is 0.768. The average Bonchev–Trinajstić information content (AvgIpc) is 2.97. The summed E-state index contributed by atoms with van der Waals surface area (Å²) in [6, 6.07) is 6.35. The Morgan fingerprint density at radius 1 is 1.29 bits per heavy atom. The summed E-state index contributed by atoms with van der Waals surface area (Å²) in [6.45, 7) is 0.604. The molecule has 0 spiro atoms. The Morgan fingerprint density at radius 3 is 2.59 bits per heavy atom. The number of halogens is 1. The van der Waals surface area contributed by atoms with Crippen molar-refractivity contribution in [1.29, 1.82) is 0 Å². The van der Waals surface area contributed by atoms with Crippen LogP contribution >= 0.6 is 10.7 Å². The van der Waals surface area contributed by atoms with Crippen molar-refractivity contribution < 1.29 is 13.2 Å². The van der Waals surface area contributed by atoms with Crippen LogP contribution in [0.2, 0.25) is 0 Å². The van der Waals surface area contributed by atoms with E-state index in [-0.39, 0.29) is 16.7 Å². The van der Waals surface area contributed by atoms with Crippen molar-refractivity contribution in [2.24, 2.45) is 11.8 Å². The molecule has 1 aliphatic carbocycles. The molecule has 1 saturated carbocycles. The van der Waals surface area contributed by atoms with Gasteiger partial charge in [0.2, 0.25) is 5.91 Å². The number of rotatable bonds is 2. The number of hydrogen-bond donors (Lipinski definition) is 0. The van der Waals surface area contributed by atoms with E-state index in [1.165, 1.54) is 11.0 Å². The molecule has 0 radical (unpaired) electrons. The molecule has 6 heteroatoms. The molecule has 1 aromatic rings. The molecule has 1 amide bonds. The zero-order chi connectivity index (χ0) is 12.2. The lowest BCUT2D eigenvalue weighted by Crippen LogP contribution is -2.29. The summed E-state index contributed by atoms with van der Waals surface area (Å²) in [5.41, 5.74) is 0.403. The first-order valence-electron chi connectivity index (χ1n) is 5.33. The van der Waals surface area contributed by atoms with Gasteiger partial charge in [-0.2, -0.15) is 0 Å². The maximum absolute atomic E-state index is 11.9. The molecule has 3 rings (SSSR count). The summed E-state index contributed by atoms with van der Waals surface area (Å²) < 4.78 is 22.9.